The number of ether oxygens (including phenoxy) is 1. The maximum atomic E-state index is 5.41. The standard InChI is InChI=1S/C9H22N2O/c1-5-11(6-2)7-8-12-9-10(3)4/h5-9H2,1-4H3. The zero-order chi connectivity index (χ0) is 9.40. The van der Waals surface area contributed by atoms with Gasteiger partial charge in [0.05, 0.1) is 13.3 Å². The number of hydrogen-bond donors (Lipinski definition) is 0. The Bertz CT molecular complexity index is 92.5. The average Bonchev–Trinajstić information content (AvgIpc) is 2.04. The summed E-state index contributed by atoms with van der Waals surface area (Å²) in [7, 11) is 4.02. The third kappa shape index (κ3) is 6.58. The van der Waals surface area contributed by atoms with E-state index in [0.29, 0.717) is 0 Å². The zero-order valence-corrected chi connectivity index (χ0v) is 8.84. The lowest BCUT2D eigenvalue weighted by Crippen LogP contribution is -2.28. The summed E-state index contributed by atoms with van der Waals surface area (Å²) in [5, 5.41) is 0. The largest absolute Gasteiger partial charge is 0.365 e. The molecule has 0 heterocycles. The van der Waals surface area contributed by atoms with Gasteiger partial charge >= 0.3 is 0 Å². The summed E-state index contributed by atoms with van der Waals surface area (Å²) < 4.78 is 5.41. The molecule has 3 nitrogen and oxygen atoms in total. The Hall–Kier alpha value is -0.120. The maximum absolute atomic E-state index is 5.41. The minimum atomic E-state index is 0.723. The van der Waals surface area contributed by atoms with E-state index in [1.807, 2.05) is 19.0 Å². The minimum Gasteiger partial charge on any atom is -0.365 e. The highest BCUT2D eigenvalue weighted by Gasteiger charge is 1.97. The molecule has 0 aliphatic carbocycles. The van der Waals surface area contributed by atoms with E-state index in [-0.39, 0.29) is 0 Å². The number of nitrogens with zero attached hydrogens (tertiary/aromatic N) is 2. The predicted octanol–water partition coefficient (Wildman–Crippen LogP) is 0.864. The molecular formula is C9H22N2O. The van der Waals surface area contributed by atoms with Crippen LogP contribution in [0.5, 0.6) is 0 Å². The third-order valence-corrected chi connectivity index (χ3v) is 1.80. The number of rotatable bonds is 7. The molecule has 0 aliphatic rings. The van der Waals surface area contributed by atoms with Crippen LogP contribution in [0.1, 0.15) is 13.8 Å². The Balaban J connectivity index is 3.17. The van der Waals surface area contributed by atoms with E-state index < -0.39 is 0 Å². The van der Waals surface area contributed by atoms with Crippen LogP contribution in [0.3, 0.4) is 0 Å². The van der Waals surface area contributed by atoms with Gasteiger partial charge in [0.15, 0.2) is 0 Å². The molecular weight excluding hydrogens is 152 g/mol. The van der Waals surface area contributed by atoms with Crippen molar-refractivity contribution in [1.82, 2.24) is 9.80 Å². The second kappa shape index (κ2) is 7.53. The van der Waals surface area contributed by atoms with Crippen molar-refractivity contribution in [2.75, 3.05) is 47.1 Å². The molecule has 12 heavy (non-hydrogen) atoms. The van der Waals surface area contributed by atoms with Crippen LogP contribution in [0.4, 0.5) is 0 Å². The summed E-state index contributed by atoms with van der Waals surface area (Å²) in [6, 6.07) is 0. The summed E-state index contributed by atoms with van der Waals surface area (Å²) in [4.78, 5) is 4.39. The molecule has 0 aromatic rings. The van der Waals surface area contributed by atoms with Gasteiger partial charge in [0, 0.05) is 6.54 Å². The van der Waals surface area contributed by atoms with Crippen LogP contribution in [0, 0.1) is 0 Å². The van der Waals surface area contributed by atoms with Gasteiger partial charge in [-0.05, 0) is 27.2 Å². The van der Waals surface area contributed by atoms with Crippen LogP contribution in [-0.2, 0) is 4.74 Å². The molecule has 0 spiro atoms. The van der Waals surface area contributed by atoms with Gasteiger partial charge in [0.2, 0.25) is 0 Å². The minimum absolute atomic E-state index is 0.723. The molecule has 0 aromatic carbocycles. The van der Waals surface area contributed by atoms with E-state index >= 15 is 0 Å². The van der Waals surface area contributed by atoms with E-state index in [0.717, 1.165) is 33.0 Å². The molecule has 0 rings (SSSR count). The van der Waals surface area contributed by atoms with E-state index in [4.69, 9.17) is 4.74 Å². The van der Waals surface area contributed by atoms with Crippen molar-refractivity contribution in [3.63, 3.8) is 0 Å². The van der Waals surface area contributed by atoms with Gasteiger partial charge in [0.1, 0.15) is 0 Å². The molecule has 0 fully saturated rings. The van der Waals surface area contributed by atoms with Crippen molar-refractivity contribution in [2.24, 2.45) is 0 Å². The van der Waals surface area contributed by atoms with Crippen LogP contribution in [0.25, 0.3) is 0 Å². The first-order valence-corrected chi connectivity index (χ1v) is 4.65. The monoisotopic (exact) mass is 174 g/mol. The highest BCUT2D eigenvalue weighted by molar-refractivity contribution is 4.49. The SMILES string of the molecule is CCN(CC)CCOCN(C)C. The van der Waals surface area contributed by atoms with Gasteiger partial charge in [-0.1, -0.05) is 13.8 Å². The van der Waals surface area contributed by atoms with Crippen LogP contribution < -0.4 is 0 Å². The first kappa shape index (κ1) is 11.9. The van der Waals surface area contributed by atoms with Gasteiger partial charge in [-0.2, -0.15) is 0 Å². The van der Waals surface area contributed by atoms with Gasteiger partial charge in [-0.3, -0.25) is 4.90 Å². The van der Waals surface area contributed by atoms with E-state index in [2.05, 4.69) is 18.7 Å². The van der Waals surface area contributed by atoms with Crippen molar-refractivity contribution in [2.45, 2.75) is 13.8 Å². The molecule has 0 atom stereocenters. The molecule has 74 valence electrons. The topological polar surface area (TPSA) is 15.7 Å². The molecule has 0 bridgehead atoms. The van der Waals surface area contributed by atoms with Crippen LogP contribution in [-0.4, -0.2) is 56.9 Å². The molecule has 0 amide bonds. The Morgan fingerprint density at radius 2 is 1.67 bits per heavy atom. The normalized spacial score (nSPS) is 11.5. The van der Waals surface area contributed by atoms with Crippen molar-refractivity contribution >= 4 is 0 Å². The molecule has 0 aliphatic heterocycles. The molecule has 0 N–H and O–H groups in total. The van der Waals surface area contributed by atoms with Gasteiger partial charge < -0.3 is 9.64 Å². The number of hydrogen-bond acceptors (Lipinski definition) is 3. The fourth-order valence-corrected chi connectivity index (χ4v) is 0.981. The molecule has 0 saturated heterocycles. The smallest absolute Gasteiger partial charge is 0.0985 e. The summed E-state index contributed by atoms with van der Waals surface area (Å²) in [6.45, 7) is 9.18. The molecule has 0 radical (unpaired) electrons. The van der Waals surface area contributed by atoms with Gasteiger partial charge in [0.25, 0.3) is 0 Å². The fourth-order valence-electron chi connectivity index (χ4n) is 0.981. The van der Waals surface area contributed by atoms with Crippen LogP contribution in [0.15, 0.2) is 0 Å². The lowest BCUT2D eigenvalue weighted by Gasteiger charge is -2.18. The summed E-state index contributed by atoms with van der Waals surface area (Å²) in [6.07, 6.45) is 0. The molecule has 3 heteroatoms. The summed E-state index contributed by atoms with van der Waals surface area (Å²) in [5.74, 6) is 0. The lowest BCUT2D eigenvalue weighted by atomic mass is 10.5. The zero-order valence-electron chi connectivity index (χ0n) is 8.84. The Kier molecular flexibility index (Phi) is 7.45. The Labute approximate surface area is 76.3 Å². The van der Waals surface area contributed by atoms with Crippen LogP contribution >= 0.6 is 0 Å². The average molecular weight is 174 g/mol. The third-order valence-electron chi connectivity index (χ3n) is 1.80. The molecule has 0 saturated carbocycles. The highest BCUT2D eigenvalue weighted by atomic mass is 16.5. The van der Waals surface area contributed by atoms with E-state index in [1.165, 1.54) is 0 Å². The first-order chi connectivity index (χ1) is 5.70. The maximum Gasteiger partial charge on any atom is 0.0985 e. The van der Waals surface area contributed by atoms with E-state index in [1.54, 1.807) is 0 Å². The summed E-state index contributed by atoms with van der Waals surface area (Å²) in [5.41, 5.74) is 0. The lowest BCUT2D eigenvalue weighted by molar-refractivity contribution is 0.0431. The van der Waals surface area contributed by atoms with E-state index in [9.17, 15) is 0 Å². The second-order valence-electron chi connectivity index (χ2n) is 3.14. The quantitative estimate of drug-likeness (QED) is 0.420. The number of likely N-dealkylation sites (N-methyl/N-ethyl adjacent to an activating group) is 1. The second-order valence-corrected chi connectivity index (χ2v) is 3.14. The van der Waals surface area contributed by atoms with Crippen molar-refractivity contribution in [3.05, 3.63) is 0 Å². The summed E-state index contributed by atoms with van der Waals surface area (Å²) >= 11 is 0. The van der Waals surface area contributed by atoms with Crippen molar-refractivity contribution < 1.29 is 4.74 Å². The van der Waals surface area contributed by atoms with Crippen molar-refractivity contribution in [1.29, 1.82) is 0 Å². The highest BCUT2D eigenvalue weighted by Crippen LogP contribution is 1.87. The Morgan fingerprint density at radius 1 is 1.08 bits per heavy atom. The van der Waals surface area contributed by atoms with Gasteiger partial charge in [-0.25, -0.2) is 0 Å². The molecule has 0 unspecified atom stereocenters. The van der Waals surface area contributed by atoms with Crippen LogP contribution in [0.2, 0.25) is 0 Å². The Morgan fingerprint density at radius 3 is 2.08 bits per heavy atom. The van der Waals surface area contributed by atoms with Gasteiger partial charge in [-0.15, -0.1) is 0 Å². The molecule has 0 aromatic heterocycles. The van der Waals surface area contributed by atoms with Crippen molar-refractivity contribution in [3.8, 4) is 0 Å². The predicted molar refractivity (Wildman–Crippen MR) is 52.3 cm³/mol. The fraction of sp³-hybridized carbons (Fsp3) is 1.00. The first-order valence-electron chi connectivity index (χ1n) is 4.65.